The number of ether oxygens (including phenoxy) is 1. The molecule has 5 nitrogen and oxygen atoms in total. The molecule has 1 saturated carbocycles. The number of amides is 1. The molecule has 1 amide bonds. The molecule has 0 unspecified atom stereocenters. The number of nitrogens with zero attached hydrogens (tertiary/aromatic N) is 1. The molecule has 1 aromatic carbocycles. The SMILES string of the molecule is CO[C@H]1CC[C@H](N(Cc2cc(F)ccc2F)C(=O)/C(N)=C/C(=N)C(F)(F)F)CC1. The average Bonchev–Trinajstić information content (AvgIpc) is 2.67. The van der Waals surface area contributed by atoms with Crippen LogP contribution in [-0.2, 0) is 16.1 Å². The minimum atomic E-state index is -4.96. The zero-order valence-corrected chi connectivity index (χ0v) is 15.7. The van der Waals surface area contributed by atoms with Gasteiger partial charge < -0.3 is 15.4 Å². The Kier molecular flexibility index (Phi) is 7.34. The normalized spacial score (nSPS) is 20.4. The molecule has 0 spiro atoms. The number of hydrogen-bond acceptors (Lipinski definition) is 4. The van der Waals surface area contributed by atoms with Gasteiger partial charge in [-0.1, -0.05) is 0 Å². The molecule has 0 atom stereocenters. The monoisotopic (exact) mass is 419 g/mol. The van der Waals surface area contributed by atoms with E-state index in [0.717, 1.165) is 23.1 Å². The lowest BCUT2D eigenvalue weighted by atomic mass is 9.91. The largest absolute Gasteiger partial charge is 0.432 e. The molecule has 0 aliphatic heterocycles. The van der Waals surface area contributed by atoms with Gasteiger partial charge in [0.05, 0.1) is 11.8 Å². The van der Waals surface area contributed by atoms with Crippen LogP contribution in [0.15, 0.2) is 30.0 Å². The second kappa shape index (κ2) is 9.34. The maximum Gasteiger partial charge on any atom is 0.432 e. The van der Waals surface area contributed by atoms with Gasteiger partial charge in [0, 0.05) is 25.3 Å². The number of methoxy groups -OCH3 is 1. The molecule has 1 aromatic rings. The van der Waals surface area contributed by atoms with Crippen molar-refractivity contribution < 1.29 is 31.5 Å². The van der Waals surface area contributed by atoms with Gasteiger partial charge in [0.15, 0.2) is 0 Å². The summed E-state index contributed by atoms with van der Waals surface area (Å²) in [5, 5.41) is 7.01. The number of halogens is 5. The second-order valence-corrected chi connectivity index (χ2v) is 6.85. The fourth-order valence-corrected chi connectivity index (χ4v) is 3.27. The Morgan fingerprint density at radius 2 is 1.90 bits per heavy atom. The summed E-state index contributed by atoms with van der Waals surface area (Å²) in [6.45, 7) is -0.362. The van der Waals surface area contributed by atoms with Gasteiger partial charge in [0.1, 0.15) is 17.3 Å². The van der Waals surface area contributed by atoms with Crippen LogP contribution in [-0.4, -0.2) is 42.0 Å². The van der Waals surface area contributed by atoms with Crippen LogP contribution in [0.2, 0.25) is 0 Å². The van der Waals surface area contributed by atoms with Crippen LogP contribution in [0, 0.1) is 17.0 Å². The number of allylic oxidation sites excluding steroid dienone is 1. The fraction of sp³-hybridized carbons (Fsp3) is 0.474. The quantitative estimate of drug-likeness (QED) is 0.420. The molecule has 0 heterocycles. The van der Waals surface area contributed by atoms with Gasteiger partial charge in [-0.15, -0.1) is 0 Å². The van der Waals surface area contributed by atoms with Gasteiger partial charge in [-0.25, -0.2) is 8.78 Å². The predicted molar refractivity (Wildman–Crippen MR) is 96.0 cm³/mol. The van der Waals surface area contributed by atoms with E-state index in [1.165, 1.54) is 0 Å². The van der Waals surface area contributed by atoms with Crippen molar-refractivity contribution in [3.8, 4) is 0 Å². The van der Waals surface area contributed by atoms with Gasteiger partial charge in [0.2, 0.25) is 0 Å². The highest BCUT2D eigenvalue weighted by molar-refractivity contribution is 6.04. The summed E-state index contributed by atoms with van der Waals surface area (Å²) in [7, 11) is 1.56. The summed E-state index contributed by atoms with van der Waals surface area (Å²) in [6, 6.07) is 2.32. The summed E-state index contributed by atoms with van der Waals surface area (Å²) in [4.78, 5) is 13.9. The van der Waals surface area contributed by atoms with E-state index in [1.807, 2.05) is 0 Å². The van der Waals surface area contributed by atoms with Gasteiger partial charge in [-0.3, -0.25) is 10.2 Å². The topological polar surface area (TPSA) is 79.4 Å². The van der Waals surface area contributed by atoms with Crippen LogP contribution < -0.4 is 5.73 Å². The molecule has 10 heteroatoms. The lowest BCUT2D eigenvalue weighted by Crippen LogP contribution is -2.45. The first-order valence-electron chi connectivity index (χ1n) is 8.93. The van der Waals surface area contributed by atoms with Crippen molar-refractivity contribution in [3.63, 3.8) is 0 Å². The van der Waals surface area contributed by atoms with Crippen molar-refractivity contribution in [2.75, 3.05) is 7.11 Å². The van der Waals surface area contributed by atoms with Gasteiger partial charge in [0.25, 0.3) is 5.91 Å². The maximum absolute atomic E-state index is 14.1. The number of benzene rings is 1. The van der Waals surface area contributed by atoms with Crippen LogP contribution in [0.5, 0.6) is 0 Å². The Morgan fingerprint density at radius 3 is 2.45 bits per heavy atom. The fourth-order valence-electron chi connectivity index (χ4n) is 3.27. The van der Waals surface area contributed by atoms with Crippen molar-refractivity contribution >= 4 is 11.6 Å². The van der Waals surface area contributed by atoms with Crippen molar-refractivity contribution in [2.24, 2.45) is 5.73 Å². The van der Waals surface area contributed by atoms with Gasteiger partial charge >= 0.3 is 6.18 Å². The Hall–Kier alpha value is -2.49. The maximum atomic E-state index is 14.1. The van der Waals surface area contributed by atoms with Crippen molar-refractivity contribution in [1.29, 1.82) is 5.41 Å². The second-order valence-electron chi connectivity index (χ2n) is 6.85. The molecule has 1 fully saturated rings. The van der Waals surface area contributed by atoms with E-state index in [-0.39, 0.29) is 24.3 Å². The number of nitrogens with one attached hydrogen (secondary N) is 1. The minimum absolute atomic E-state index is 0.0135. The van der Waals surface area contributed by atoms with E-state index in [1.54, 1.807) is 7.11 Å². The van der Waals surface area contributed by atoms with Crippen LogP contribution in [0.3, 0.4) is 0 Å². The van der Waals surface area contributed by atoms with E-state index in [9.17, 15) is 26.7 Å². The summed E-state index contributed by atoms with van der Waals surface area (Å²) < 4.78 is 70.7. The molecule has 29 heavy (non-hydrogen) atoms. The Labute approximate surface area is 164 Å². The van der Waals surface area contributed by atoms with Gasteiger partial charge in [-0.2, -0.15) is 13.2 Å². The third kappa shape index (κ3) is 5.99. The summed E-state index contributed by atoms with van der Waals surface area (Å²) in [6.07, 6.45) is -2.62. The lowest BCUT2D eigenvalue weighted by Gasteiger charge is -2.37. The highest BCUT2D eigenvalue weighted by Crippen LogP contribution is 2.28. The zero-order chi connectivity index (χ0) is 21.8. The molecule has 3 N–H and O–H groups in total. The van der Waals surface area contributed by atoms with E-state index in [0.29, 0.717) is 25.7 Å². The first kappa shape index (κ1) is 22.8. The smallest absolute Gasteiger partial charge is 0.394 e. The first-order chi connectivity index (χ1) is 13.5. The van der Waals surface area contributed by atoms with Gasteiger partial charge in [-0.05, 0) is 50.0 Å². The number of carbonyl (C=O) groups is 1. The standard InChI is InChI=1S/C19H22F5N3O2/c1-29-14-5-3-13(4-6-14)27(10-11-8-12(20)2-7-15(11)21)18(28)16(25)9-17(26)19(22,23)24/h2,7-9,13-14,26H,3-6,10,25H2,1H3/b16-9-,26-17?/t13-,14-. The first-order valence-corrected chi connectivity index (χ1v) is 8.93. The highest BCUT2D eigenvalue weighted by atomic mass is 19.4. The molecule has 160 valence electrons. The molecule has 0 bridgehead atoms. The average molecular weight is 419 g/mol. The molecular weight excluding hydrogens is 397 g/mol. The van der Waals surface area contributed by atoms with Crippen LogP contribution >= 0.6 is 0 Å². The number of carbonyl (C=O) groups excluding carboxylic acids is 1. The van der Waals surface area contributed by atoms with Crippen molar-refractivity contribution in [3.05, 3.63) is 47.2 Å². The van der Waals surface area contributed by atoms with E-state index in [2.05, 4.69) is 0 Å². The predicted octanol–water partition coefficient (Wildman–Crippen LogP) is 3.68. The summed E-state index contributed by atoms with van der Waals surface area (Å²) >= 11 is 0. The third-order valence-electron chi connectivity index (χ3n) is 4.88. The number of nitrogens with two attached hydrogens (primary N) is 1. The molecule has 0 aromatic heterocycles. The van der Waals surface area contributed by atoms with Crippen molar-refractivity contribution in [1.82, 2.24) is 4.90 Å². The van der Waals surface area contributed by atoms with Crippen molar-refractivity contribution in [2.45, 2.75) is 50.6 Å². The third-order valence-corrected chi connectivity index (χ3v) is 4.88. The Bertz CT molecular complexity index is 787. The number of hydrogen-bond donors (Lipinski definition) is 2. The molecule has 0 saturated heterocycles. The number of rotatable bonds is 6. The molecule has 1 aliphatic rings. The summed E-state index contributed by atoms with van der Waals surface area (Å²) in [5.74, 6) is -2.43. The van der Waals surface area contributed by atoms with Crippen LogP contribution in [0.25, 0.3) is 0 Å². The lowest BCUT2D eigenvalue weighted by molar-refractivity contribution is -0.131. The van der Waals surface area contributed by atoms with E-state index >= 15 is 0 Å². The minimum Gasteiger partial charge on any atom is -0.394 e. The summed E-state index contributed by atoms with van der Waals surface area (Å²) in [5.41, 5.74) is 2.85. The van der Waals surface area contributed by atoms with E-state index in [4.69, 9.17) is 15.9 Å². The molecule has 2 rings (SSSR count). The molecular formula is C19H22F5N3O2. The Morgan fingerprint density at radius 1 is 1.28 bits per heavy atom. The highest BCUT2D eigenvalue weighted by Gasteiger charge is 2.35. The molecule has 1 aliphatic carbocycles. The van der Waals surface area contributed by atoms with E-state index < -0.39 is 41.2 Å². The number of alkyl halides is 3. The van der Waals surface area contributed by atoms with Crippen LogP contribution in [0.1, 0.15) is 31.2 Å². The molecule has 0 radical (unpaired) electrons. The van der Waals surface area contributed by atoms with Crippen LogP contribution in [0.4, 0.5) is 22.0 Å². The zero-order valence-electron chi connectivity index (χ0n) is 15.7. The Balaban J connectivity index is 2.31.